The lowest BCUT2D eigenvalue weighted by atomic mass is 10.0. The van der Waals surface area contributed by atoms with Crippen LogP contribution in [0.15, 0.2) is 47.1 Å². The summed E-state index contributed by atoms with van der Waals surface area (Å²) >= 11 is 0. The van der Waals surface area contributed by atoms with Crippen molar-refractivity contribution in [2.45, 2.75) is 26.3 Å². The molecule has 1 unspecified atom stereocenters. The molecule has 0 saturated carbocycles. The summed E-state index contributed by atoms with van der Waals surface area (Å²) in [5, 5.41) is 2.76. The smallest absolute Gasteiger partial charge is 0.411 e. The van der Waals surface area contributed by atoms with E-state index >= 15 is 0 Å². The van der Waals surface area contributed by atoms with Crippen molar-refractivity contribution in [1.82, 2.24) is 5.43 Å². The van der Waals surface area contributed by atoms with Gasteiger partial charge in [-0.2, -0.15) is 5.43 Å². The van der Waals surface area contributed by atoms with Crippen LogP contribution in [0.4, 0.5) is 5.69 Å². The maximum atomic E-state index is 11.9. The Hall–Kier alpha value is -2.89. The lowest BCUT2D eigenvalue weighted by Gasteiger charge is -2.03. The first kappa shape index (κ1) is 15.0. The summed E-state index contributed by atoms with van der Waals surface area (Å²) < 4.78 is 6.98. The van der Waals surface area contributed by atoms with Crippen molar-refractivity contribution in [2.24, 2.45) is 0 Å². The highest BCUT2D eigenvalue weighted by Gasteiger charge is 2.37. The standard InChI is InChI=1S/C17H17N3O3/c1-11(21)18-14-6-3-5-13(9-14)16-10-15(17-7-4-8-23-17)19-20(16)12(2)22/h3-9,15,19H,10H2,1-2H3/p+1. The fourth-order valence-electron chi connectivity index (χ4n) is 2.73. The van der Waals surface area contributed by atoms with Gasteiger partial charge >= 0.3 is 5.91 Å². The Morgan fingerprint density at radius 1 is 1.26 bits per heavy atom. The Morgan fingerprint density at radius 3 is 2.74 bits per heavy atom. The Balaban J connectivity index is 1.94. The Morgan fingerprint density at radius 2 is 2.09 bits per heavy atom. The molecule has 0 radical (unpaired) electrons. The van der Waals surface area contributed by atoms with Gasteiger partial charge in [-0.1, -0.05) is 6.07 Å². The minimum atomic E-state index is -0.131. The number of hydrazone groups is 1. The monoisotopic (exact) mass is 312 g/mol. The number of amides is 2. The first-order chi connectivity index (χ1) is 11.0. The van der Waals surface area contributed by atoms with Gasteiger partial charge in [0.2, 0.25) is 11.6 Å². The summed E-state index contributed by atoms with van der Waals surface area (Å²) in [7, 11) is 0. The van der Waals surface area contributed by atoms with Crippen LogP contribution < -0.4 is 10.7 Å². The van der Waals surface area contributed by atoms with E-state index in [2.05, 4.69) is 10.7 Å². The van der Waals surface area contributed by atoms with Gasteiger partial charge in [0.1, 0.15) is 11.8 Å². The van der Waals surface area contributed by atoms with Crippen LogP contribution in [0.1, 0.15) is 37.6 Å². The van der Waals surface area contributed by atoms with Crippen LogP contribution in [-0.4, -0.2) is 22.2 Å². The van der Waals surface area contributed by atoms with Gasteiger partial charge in [-0.25, -0.2) is 4.79 Å². The minimum absolute atomic E-state index is 0.0895. The average molecular weight is 312 g/mol. The van der Waals surface area contributed by atoms with Crippen LogP contribution in [0.5, 0.6) is 0 Å². The molecule has 1 atom stereocenters. The largest absolute Gasteiger partial charge is 0.467 e. The maximum Gasteiger partial charge on any atom is 0.411 e. The predicted octanol–water partition coefficient (Wildman–Crippen LogP) is 2.24. The van der Waals surface area contributed by atoms with Crippen molar-refractivity contribution in [2.75, 3.05) is 5.32 Å². The molecule has 2 heterocycles. The molecule has 1 aliphatic rings. The molecular formula is C17H18N3O3+. The number of rotatable bonds is 3. The van der Waals surface area contributed by atoms with E-state index in [1.165, 1.54) is 13.8 Å². The number of nitrogens with zero attached hydrogens (tertiary/aromatic N) is 1. The van der Waals surface area contributed by atoms with Gasteiger partial charge in [0.15, 0.2) is 0 Å². The molecule has 0 bridgehead atoms. The molecule has 0 aliphatic carbocycles. The number of nitrogens with one attached hydrogen (secondary N) is 2. The van der Waals surface area contributed by atoms with E-state index in [1.54, 1.807) is 10.9 Å². The molecule has 3 rings (SSSR count). The van der Waals surface area contributed by atoms with Gasteiger partial charge in [0, 0.05) is 18.2 Å². The highest BCUT2D eigenvalue weighted by atomic mass is 16.3. The van der Waals surface area contributed by atoms with Gasteiger partial charge < -0.3 is 9.73 Å². The highest BCUT2D eigenvalue weighted by Crippen LogP contribution is 2.25. The summed E-state index contributed by atoms with van der Waals surface area (Å²) in [6.07, 6.45) is 2.24. The van der Waals surface area contributed by atoms with E-state index in [0.29, 0.717) is 12.1 Å². The fourth-order valence-corrected chi connectivity index (χ4v) is 2.73. The zero-order chi connectivity index (χ0) is 16.4. The Labute approximate surface area is 133 Å². The van der Waals surface area contributed by atoms with Gasteiger partial charge in [0.25, 0.3) is 0 Å². The zero-order valence-electron chi connectivity index (χ0n) is 13.0. The van der Waals surface area contributed by atoms with Gasteiger partial charge in [-0.3, -0.25) is 4.79 Å². The first-order valence-corrected chi connectivity index (χ1v) is 7.38. The summed E-state index contributed by atoms with van der Waals surface area (Å²) in [4.78, 5) is 23.2. The SMILES string of the molecule is CC(=O)Nc1cccc(C2=[N+](C(C)=O)NC(c3ccco3)C2)c1. The summed E-state index contributed by atoms with van der Waals surface area (Å²) in [5.74, 6) is 0.553. The maximum absolute atomic E-state index is 11.9. The molecule has 2 amide bonds. The number of furan rings is 1. The van der Waals surface area contributed by atoms with E-state index < -0.39 is 0 Å². The molecule has 2 N–H and O–H groups in total. The lowest BCUT2D eigenvalue weighted by Crippen LogP contribution is -2.32. The van der Waals surface area contributed by atoms with E-state index in [-0.39, 0.29) is 17.9 Å². The molecule has 6 heteroatoms. The number of carbonyl (C=O) groups is 2. The van der Waals surface area contributed by atoms with Gasteiger partial charge in [-0.05, 0) is 35.0 Å². The van der Waals surface area contributed by atoms with Crippen LogP contribution >= 0.6 is 0 Å². The summed E-state index contributed by atoms with van der Waals surface area (Å²) in [6, 6.07) is 11.1. The number of anilines is 1. The quantitative estimate of drug-likeness (QED) is 0.852. The third-order valence-electron chi connectivity index (χ3n) is 3.67. The molecule has 0 fully saturated rings. The molecular weight excluding hydrogens is 294 g/mol. The van der Waals surface area contributed by atoms with Gasteiger partial charge in [0.05, 0.1) is 19.6 Å². The third kappa shape index (κ3) is 3.15. The second-order valence-corrected chi connectivity index (χ2v) is 5.46. The molecule has 118 valence electrons. The molecule has 2 aromatic rings. The van der Waals surface area contributed by atoms with Crippen molar-refractivity contribution < 1.29 is 18.7 Å². The molecule has 0 spiro atoms. The lowest BCUT2D eigenvalue weighted by molar-refractivity contribution is -0.504. The molecule has 1 aliphatic heterocycles. The number of hydrogen-bond acceptors (Lipinski definition) is 4. The van der Waals surface area contributed by atoms with Crippen LogP contribution in [0.3, 0.4) is 0 Å². The molecule has 23 heavy (non-hydrogen) atoms. The number of hydrazine groups is 1. The molecule has 1 aromatic heterocycles. The molecule has 0 saturated heterocycles. The van der Waals surface area contributed by atoms with Crippen LogP contribution in [0, 0.1) is 0 Å². The van der Waals surface area contributed by atoms with Crippen molar-refractivity contribution in [3.05, 3.63) is 54.0 Å². The van der Waals surface area contributed by atoms with Crippen molar-refractivity contribution >= 4 is 23.2 Å². The average Bonchev–Trinajstić information content (AvgIpc) is 3.16. The third-order valence-corrected chi connectivity index (χ3v) is 3.67. The van der Waals surface area contributed by atoms with Crippen molar-refractivity contribution in [3.8, 4) is 0 Å². The van der Waals surface area contributed by atoms with Crippen LogP contribution in [-0.2, 0) is 9.59 Å². The second-order valence-electron chi connectivity index (χ2n) is 5.46. The van der Waals surface area contributed by atoms with E-state index in [9.17, 15) is 9.59 Å². The van der Waals surface area contributed by atoms with Crippen molar-refractivity contribution in [1.29, 1.82) is 0 Å². The number of hydrogen-bond donors (Lipinski definition) is 2. The molecule has 6 nitrogen and oxygen atoms in total. The Kier molecular flexibility index (Phi) is 3.97. The van der Waals surface area contributed by atoms with Crippen LogP contribution in [0.25, 0.3) is 0 Å². The second kappa shape index (κ2) is 6.08. The topological polar surface area (TPSA) is 74.3 Å². The van der Waals surface area contributed by atoms with Crippen LogP contribution in [0.2, 0.25) is 0 Å². The number of carbonyl (C=O) groups excluding carboxylic acids is 2. The summed E-state index contributed by atoms with van der Waals surface area (Å²) in [5.41, 5.74) is 5.60. The number of benzene rings is 1. The summed E-state index contributed by atoms with van der Waals surface area (Å²) in [6.45, 7) is 2.97. The normalized spacial score (nSPS) is 17.0. The van der Waals surface area contributed by atoms with E-state index in [4.69, 9.17) is 4.42 Å². The van der Waals surface area contributed by atoms with Crippen molar-refractivity contribution in [3.63, 3.8) is 0 Å². The fraction of sp³-hybridized carbons (Fsp3) is 0.235. The zero-order valence-corrected chi connectivity index (χ0v) is 13.0. The minimum Gasteiger partial charge on any atom is -0.467 e. The van der Waals surface area contributed by atoms with E-state index in [1.807, 2.05) is 36.4 Å². The first-order valence-electron chi connectivity index (χ1n) is 7.38. The predicted molar refractivity (Wildman–Crippen MR) is 85.0 cm³/mol. The highest BCUT2D eigenvalue weighted by molar-refractivity contribution is 6.01. The van der Waals surface area contributed by atoms with Gasteiger partial charge in [-0.15, -0.1) is 0 Å². The Bertz CT molecular complexity index is 778. The van der Waals surface area contributed by atoms with E-state index in [0.717, 1.165) is 17.0 Å². The molecule has 1 aromatic carbocycles.